The van der Waals surface area contributed by atoms with Gasteiger partial charge in [0.1, 0.15) is 17.2 Å². The molecule has 1 aliphatic heterocycles. The van der Waals surface area contributed by atoms with Crippen LogP contribution in [0.1, 0.15) is 12.6 Å². The van der Waals surface area contributed by atoms with Crippen LogP contribution in [0.2, 0.25) is 0 Å². The van der Waals surface area contributed by atoms with E-state index in [1.165, 1.54) is 12.1 Å². The molecule has 2 N–H and O–H groups in total. The first-order valence-corrected chi connectivity index (χ1v) is 8.66. The molecule has 3 rings (SSSR count). The summed E-state index contributed by atoms with van der Waals surface area (Å²) in [6, 6.07) is 3.37. The van der Waals surface area contributed by atoms with Crippen molar-refractivity contribution in [3.63, 3.8) is 0 Å². The van der Waals surface area contributed by atoms with Gasteiger partial charge in [-0.15, -0.1) is 0 Å². The molecule has 0 unspecified atom stereocenters. The number of allylic oxidation sites excluding steroid dienone is 3. The highest BCUT2D eigenvalue weighted by Gasteiger charge is 2.32. The van der Waals surface area contributed by atoms with Crippen LogP contribution < -0.4 is 10.6 Å². The third-order valence-electron chi connectivity index (χ3n) is 3.75. The summed E-state index contributed by atoms with van der Waals surface area (Å²) >= 11 is 0. The Labute approximate surface area is 168 Å². The Hall–Kier alpha value is -3.41. The molecule has 1 fully saturated rings. The van der Waals surface area contributed by atoms with E-state index < -0.39 is 17.7 Å². The van der Waals surface area contributed by atoms with Crippen LogP contribution >= 0.6 is 0 Å². The SMILES string of the molecule is C=N/C=C(F)\C=C(/C)Nc1nc(NC2COC2)nc(-c2cccc(C(F)(F)F)n2)n1. The number of aliphatic imine (C=N–C) groups is 1. The first-order valence-electron chi connectivity index (χ1n) is 8.66. The second-order valence-corrected chi connectivity index (χ2v) is 6.24. The van der Waals surface area contributed by atoms with Crippen molar-refractivity contribution >= 4 is 18.6 Å². The van der Waals surface area contributed by atoms with E-state index in [0.717, 1.165) is 18.3 Å². The lowest BCUT2D eigenvalue weighted by atomic mass is 10.2. The van der Waals surface area contributed by atoms with Crippen LogP contribution in [0, 0.1) is 0 Å². The Morgan fingerprint density at radius 2 is 1.93 bits per heavy atom. The molecular weight excluding hydrogens is 406 g/mol. The Kier molecular flexibility index (Phi) is 6.35. The minimum atomic E-state index is -4.61. The Morgan fingerprint density at radius 1 is 1.20 bits per heavy atom. The van der Waals surface area contributed by atoms with Crippen LogP contribution in [0.25, 0.3) is 11.5 Å². The summed E-state index contributed by atoms with van der Waals surface area (Å²) in [4.78, 5) is 19.4. The number of alkyl halides is 3. The van der Waals surface area contributed by atoms with Gasteiger partial charge >= 0.3 is 6.18 Å². The molecule has 0 saturated carbocycles. The zero-order valence-corrected chi connectivity index (χ0v) is 15.7. The summed E-state index contributed by atoms with van der Waals surface area (Å²) < 4.78 is 57.7. The molecule has 0 atom stereocenters. The van der Waals surface area contributed by atoms with Crippen LogP contribution in [-0.2, 0) is 10.9 Å². The topological polar surface area (TPSA) is 97.2 Å². The quantitative estimate of drug-likeness (QED) is 0.399. The van der Waals surface area contributed by atoms with Crippen molar-refractivity contribution in [3.05, 3.63) is 47.7 Å². The summed E-state index contributed by atoms with van der Waals surface area (Å²) in [5.74, 6) is -0.631. The van der Waals surface area contributed by atoms with Crippen molar-refractivity contribution in [1.29, 1.82) is 0 Å². The number of nitrogens with zero attached hydrogens (tertiary/aromatic N) is 5. The first-order chi connectivity index (χ1) is 14.2. The number of aromatic nitrogens is 4. The molecule has 1 aliphatic rings. The molecule has 0 amide bonds. The molecule has 3 heterocycles. The minimum Gasteiger partial charge on any atom is -0.377 e. The number of hydrogen-bond donors (Lipinski definition) is 2. The van der Waals surface area contributed by atoms with E-state index in [0.29, 0.717) is 18.9 Å². The summed E-state index contributed by atoms with van der Waals surface area (Å²) in [6.45, 7) is 5.59. The lowest BCUT2D eigenvalue weighted by Gasteiger charge is -2.26. The molecule has 0 bridgehead atoms. The van der Waals surface area contributed by atoms with Gasteiger partial charge in [0.25, 0.3) is 0 Å². The number of nitrogens with one attached hydrogen (secondary N) is 2. The summed E-state index contributed by atoms with van der Waals surface area (Å²) in [6.07, 6.45) is -2.56. The largest absolute Gasteiger partial charge is 0.433 e. The highest BCUT2D eigenvalue weighted by molar-refractivity contribution is 5.55. The number of anilines is 2. The Morgan fingerprint density at radius 3 is 2.57 bits per heavy atom. The van der Waals surface area contributed by atoms with Gasteiger partial charge in [0, 0.05) is 5.70 Å². The highest BCUT2D eigenvalue weighted by Crippen LogP contribution is 2.29. The number of ether oxygens (including phenoxy) is 1. The van der Waals surface area contributed by atoms with Crippen LogP contribution in [0.15, 0.2) is 47.0 Å². The molecule has 2 aromatic heterocycles. The fourth-order valence-corrected chi connectivity index (χ4v) is 2.37. The van der Waals surface area contributed by atoms with Gasteiger partial charge in [0.2, 0.25) is 11.9 Å². The summed E-state index contributed by atoms with van der Waals surface area (Å²) in [7, 11) is 0. The van der Waals surface area contributed by atoms with Crippen molar-refractivity contribution < 1.29 is 22.3 Å². The maximum Gasteiger partial charge on any atom is 0.433 e. The fourth-order valence-electron chi connectivity index (χ4n) is 2.37. The molecule has 2 aromatic rings. The monoisotopic (exact) mass is 423 g/mol. The van der Waals surface area contributed by atoms with Crippen LogP contribution in [0.5, 0.6) is 0 Å². The zero-order valence-electron chi connectivity index (χ0n) is 15.7. The van der Waals surface area contributed by atoms with Crippen molar-refractivity contribution in [2.75, 3.05) is 23.8 Å². The zero-order chi connectivity index (χ0) is 21.7. The van der Waals surface area contributed by atoms with E-state index in [9.17, 15) is 17.6 Å². The van der Waals surface area contributed by atoms with Gasteiger partial charge in [-0.25, -0.2) is 9.37 Å². The predicted octanol–water partition coefficient (Wildman–Crippen LogP) is 3.59. The molecule has 158 valence electrons. The molecule has 0 radical (unpaired) electrons. The van der Waals surface area contributed by atoms with E-state index in [2.05, 4.69) is 42.3 Å². The van der Waals surface area contributed by atoms with Crippen LogP contribution in [-0.4, -0.2) is 45.9 Å². The predicted molar refractivity (Wildman–Crippen MR) is 102 cm³/mol. The van der Waals surface area contributed by atoms with Crippen LogP contribution in [0.3, 0.4) is 0 Å². The smallest absolute Gasteiger partial charge is 0.377 e. The highest BCUT2D eigenvalue weighted by atomic mass is 19.4. The maximum atomic E-state index is 13.6. The standard InChI is InChI=1S/C18H17F4N7O/c1-10(6-11(19)7-23-2)24-16-27-15(28-17(29-16)25-12-8-30-9-12)13-4-3-5-14(26-13)18(20,21)22/h3-7,12H,2,8-9H2,1H3,(H2,24,25,27,28,29)/b10-6+,11-7+. The molecule has 0 spiro atoms. The van der Waals surface area contributed by atoms with Crippen LogP contribution in [0.4, 0.5) is 29.5 Å². The van der Waals surface area contributed by atoms with Gasteiger partial charge in [0.15, 0.2) is 5.82 Å². The average Bonchev–Trinajstić information content (AvgIpc) is 2.64. The van der Waals surface area contributed by atoms with Crippen molar-refractivity contribution in [2.45, 2.75) is 19.1 Å². The van der Waals surface area contributed by atoms with Crippen molar-refractivity contribution in [2.24, 2.45) is 4.99 Å². The molecule has 8 nitrogen and oxygen atoms in total. The molecule has 12 heteroatoms. The number of halogens is 4. The fraction of sp³-hybridized carbons (Fsp3) is 0.278. The normalized spacial score (nSPS) is 15.5. The molecule has 0 aromatic carbocycles. The molecule has 0 aliphatic carbocycles. The Bertz CT molecular complexity index is 987. The van der Waals surface area contributed by atoms with Gasteiger partial charge in [-0.2, -0.15) is 28.1 Å². The van der Waals surface area contributed by atoms with E-state index in [-0.39, 0.29) is 29.5 Å². The molecular formula is C18H17F4N7O. The molecule has 1 saturated heterocycles. The lowest BCUT2D eigenvalue weighted by Crippen LogP contribution is -2.40. The maximum absolute atomic E-state index is 13.6. The van der Waals surface area contributed by atoms with Gasteiger partial charge in [0.05, 0.1) is 25.5 Å². The summed E-state index contributed by atoms with van der Waals surface area (Å²) in [5.41, 5.74) is -0.844. The summed E-state index contributed by atoms with van der Waals surface area (Å²) in [5, 5.41) is 5.77. The minimum absolute atomic E-state index is 0.00457. The third-order valence-corrected chi connectivity index (χ3v) is 3.75. The third kappa shape index (κ3) is 5.56. The molecule has 30 heavy (non-hydrogen) atoms. The second kappa shape index (κ2) is 8.95. The first kappa shape index (κ1) is 21.3. The number of hydrogen-bond acceptors (Lipinski definition) is 8. The lowest BCUT2D eigenvalue weighted by molar-refractivity contribution is -0.141. The van der Waals surface area contributed by atoms with Crippen molar-refractivity contribution in [3.8, 4) is 11.5 Å². The van der Waals surface area contributed by atoms with E-state index in [4.69, 9.17) is 4.74 Å². The van der Waals surface area contributed by atoms with E-state index in [1.807, 2.05) is 0 Å². The second-order valence-electron chi connectivity index (χ2n) is 6.24. The van der Waals surface area contributed by atoms with Gasteiger partial charge in [-0.1, -0.05) is 6.07 Å². The Balaban J connectivity index is 1.96. The number of pyridine rings is 1. The number of rotatable bonds is 7. The van der Waals surface area contributed by atoms with Gasteiger partial charge in [-0.05, 0) is 31.9 Å². The van der Waals surface area contributed by atoms with E-state index >= 15 is 0 Å². The average molecular weight is 423 g/mol. The van der Waals surface area contributed by atoms with E-state index in [1.54, 1.807) is 6.92 Å². The van der Waals surface area contributed by atoms with Gasteiger partial charge in [-0.3, -0.25) is 4.99 Å². The van der Waals surface area contributed by atoms with Gasteiger partial charge < -0.3 is 15.4 Å². The van der Waals surface area contributed by atoms with Crippen molar-refractivity contribution in [1.82, 2.24) is 19.9 Å².